The molecule has 1 saturated carbocycles. The Bertz CT molecular complexity index is 396. The average Bonchev–Trinajstić information content (AvgIpc) is 2.81. The Labute approximate surface area is 120 Å². The monoisotopic (exact) mass is 283 g/mol. The van der Waals surface area contributed by atoms with E-state index in [1.54, 1.807) is 0 Å². The molecule has 1 aliphatic rings. The minimum atomic E-state index is -0.470. The molecule has 0 spiro atoms. The van der Waals surface area contributed by atoms with Gasteiger partial charge in [0.2, 0.25) is 0 Å². The molecule has 2 rings (SSSR count). The van der Waals surface area contributed by atoms with Crippen molar-refractivity contribution >= 4 is 5.78 Å². The number of carbonyl (C=O) groups is 1. The molecule has 4 heteroatoms. The number of carbonyl (C=O) groups excluding carboxylic acids is 1. The lowest BCUT2D eigenvalue weighted by Gasteiger charge is -2.19. The first-order chi connectivity index (χ1) is 8.68. The van der Waals surface area contributed by atoms with Crippen molar-refractivity contribution in [3.8, 4) is 0 Å². The summed E-state index contributed by atoms with van der Waals surface area (Å²) in [5, 5.41) is 12.3. The van der Waals surface area contributed by atoms with E-state index in [4.69, 9.17) is 0 Å². The van der Waals surface area contributed by atoms with Crippen molar-refractivity contribution in [2.24, 2.45) is 5.92 Å². The minimum absolute atomic E-state index is 0. The molecule has 3 N–H and O–H groups in total. The molecule has 0 aliphatic heterocycles. The number of rotatable bonds is 5. The zero-order chi connectivity index (χ0) is 13.0. The van der Waals surface area contributed by atoms with Gasteiger partial charge in [-0.1, -0.05) is 30.3 Å². The number of quaternary nitrogens is 1. The molecule has 3 unspecified atom stereocenters. The molecule has 1 fully saturated rings. The van der Waals surface area contributed by atoms with Gasteiger partial charge in [0, 0.05) is 6.42 Å². The molecule has 1 aliphatic carbocycles. The van der Waals surface area contributed by atoms with Gasteiger partial charge in [0.25, 0.3) is 0 Å². The molecule has 0 amide bonds. The normalized spacial score (nSPS) is 21.8. The van der Waals surface area contributed by atoms with Crippen LogP contribution in [0, 0.1) is 5.92 Å². The smallest absolute Gasteiger partial charge is 0.141 e. The summed E-state index contributed by atoms with van der Waals surface area (Å²) >= 11 is 0. The summed E-state index contributed by atoms with van der Waals surface area (Å²) in [5.41, 5.74) is 0.944. The third kappa shape index (κ3) is 4.30. The summed E-state index contributed by atoms with van der Waals surface area (Å²) in [6.07, 6.45) is 2.33. The standard InChI is InChI=1S/C15H21NO2.ClH/c1-11(15(18)12-6-3-2-4-7-12)16-10-13-8-5-9-14(13)17;/h2-4,6-7,11,13,15-16,18H,5,8-10H2,1H3;1H. The third-order valence-electron chi connectivity index (χ3n) is 3.86. The van der Waals surface area contributed by atoms with Gasteiger partial charge in [-0.2, -0.15) is 0 Å². The van der Waals surface area contributed by atoms with Crippen LogP contribution in [0.3, 0.4) is 0 Å². The lowest BCUT2D eigenvalue weighted by Crippen LogP contribution is -3.00. The first-order valence-corrected chi connectivity index (χ1v) is 6.77. The molecule has 0 saturated heterocycles. The maximum Gasteiger partial charge on any atom is 0.141 e. The fourth-order valence-electron chi connectivity index (χ4n) is 2.60. The fourth-order valence-corrected chi connectivity index (χ4v) is 2.60. The van der Waals surface area contributed by atoms with E-state index in [1.807, 2.05) is 37.3 Å². The van der Waals surface area contributed by atoms with E-state index in [0.29, 0.717) is 5.78 Å². The third-order valence-corrected chi connectivity index (χ3v) is 3.86. The first kappa shape index (κ1) is 16.2. The van der Waals surface area contributed by atoms with Crippen LogP contribution < -0.4 is 17.7 Å². The van der Waals surface area contributed by atoms with Crippen molar-refractivity contribution < 1.29 is 27.6 Å². The molecule has 3 atom stereocenters. The van der Waals surface area contributed by atoms with Crippen LogP contribution in [0.25, 0.3) is 0 Å². The van der Waals surface area contributed by atoms with Crippen LogP contribution >= 0.6 is 0 Å². The Morgan fingerprint density at radius 1 is 1.37 bits per heavy atom. The number of Topliss-reactive ketones (excluding diaryl/α,β-unsaturated/α-hetero) is 1. The van der Waals surface area contributed by atoms with E-state index in [1.165, 1.54) is 0 Å². The van der Waals surface area contributed by atoms with Crippen LogP contribution in [0.4, 0.5) is 0 Å². The van der Waals surface area contributed by atoms with Crippen molar-refractivity contribution in [1.82, 2.24) is 0 Å². The quantitative estimate of drug-likeness (QED) is 0.660. The average molecular weight is 284 g/mol. The number of nitrogens with two attached hydrogens (primary N) is 1. The molecular formula is C15H22ClNO2. The molecule has 1 aromatic rings. The van der Waals surface area contributed by atoms with Gasteiger partial charge in [-0.3, -0.25) is 4.79 Å². The molecule has 0 bridgehead atoms. The second-order valence-corrected chi connectivity index (χ2v) is 5.24. The second kappa shape index (κ2) is 7.63. The van der Waals surface area contributed by atoms with Crippen LogP contribution in [0.15, 0.2) is 30.3 Å². The van der Waals surface area contributed by atoms with Gasteiger partial charge in [0.15, 0.2) is 0 Å². The van der Waals surface area contributed by atoms with Crippen molar-refractivity contribution in [2.75, 3.05) is 6.54 Å². The highest BCUT2D eigenvalue weighted by atomic mass is 35.5. The van der Waals surface area contributed by atoms with Gasteiger partial charge in [-0.15, -0.1) is 0 Å². The summed E-state index contributed by atoms with van der Waals surface area (Å²) in [4.78, 5) is 11.5. The van der Waals surface area contributed by atoms with E-state index in [2.05, 4.69) is 5.32 Å². The number of hydrogen-bond acceptors (Lipinski definition) is 2. The second-order valence-electron chi connectivity index (χ2n) is 5.24. The van der Waals surface area contributed by atoms with Gasteiger partial charge in [0.1, 0.15) is 17.9 Å². The molecule has 0 heterocycles. The van der Waals surface area contributed by atoms with Gasteiger partial charge in [0.05, 0.1) is 12.5 Å². The van der Waals surface area contributed by atoms with Crippen molar-refractivity contribution in [2.45, 2.75) is 38.3 Å². The van der Waals surface area contributed by atoms with E-state index in [9.17, 15) is 9.90 Å². The maximum absolute atomic E-state index is 11.5. The highest BCUT2D eigenvalue weighted by Gasteiger charge is 2.28. The number of halogens is 1. The van der Waals surface area contributed by atoms with E-state index >= 15 is 0 Å². The molecular weight excluding hydrogens is 262 g/mol. The molecule has 0 radical (unpaired) electrons. The van der Waals surface area contributed by atoms with Crippen molar-refractivity contribution in [1.29, 1.82) is 0 Å². The van der Waals surface area contributed by atoms with E-state index in [0.717, 1.165) is 31.4 Å². The Morgan fingerprint density at radius 3 is 2.63 bits per heavy atom. The molecule has 106 valence electrons. The summed E-state index contributed by atoms with van der Waals surface area (Å²) in [7, 11) is 0. The van der Waals surface area contributed by atoms with E-state index < -0.39 is 6.10 Å². The highest BCUT2D eigenvalue weighted by molar-refractivity contribution is 5.82. The fraction of sp³-hybridized carbons (Fsp3) is 0.533. The predicted octanol–water partition coefficient (Wildman–Crippen LogP) is -1.95. The van der Waals surface area contributed by atoms with Crippen LogP contribution in [-0.2, 0) is 4.79 Å². The van der Waals surface area contributed by atoms with Gasteiger partial charge in [-0.25, -0.2) is 0 Å². The summed E-state index contributed by atoms with van der Waals surface area (Å²) in [6, 6.07) is 9.78. The SMILES string of the molecule is CC([NH2+]CC1CCCC1=O)C(O)c1ccccc1.[Cl-]. The molecule has 3 nitrogen and oxygen atoms in total. The largest absolute Gasteiger partial charge is 1.00 e. The predicted molar refractivity (Wildman–Crippen MR) is 70.0 cm³/mol. The molecule has 0 aromatic heterocycles. The zero-order valence-electron chi connectivity index (χ0n) is 11.3. The van der Waals surface area contributed by atoms with Crippen LogP contribution in [0.1, 0.15) is 37.9 Å². The van der Waals surface area contributed by atoms with Crippen LogP contribution in [0.2, 0.25) is 0 Å². The van der Waals surface area contributed by atoms with Gasteiger partial charge >= 0.3 is 0 Å². The molecule has 1 aromatic carbocycles. The summed E-state index contributed by atoms with van der Waals surface area (Å²) in [6.45, 7) is 2.82. The lowest BCUT2D eigenvalue weighted by molar-refractivity contribution is -0.697. The number of hydrogen-bond donors (Lipinski definition) is 2. The summed E-state index contributed by atoms with van der Waals surface area (Å²) in [5.74, 6) is 0.600. The number of aliphatic hydroxyl groups is 1. The maximum atomic E-state index is 11.5. The number of benzene rings is 1. The Balaban J connectivity index is 0.00000180. The van der Waals surface area contributed by atoms with Gasteiger partial charge < -0.3 is 22.8 Å². The van der Waals surface area contributed by atoms with Crippen molar-refractivity contribution in [3.05, 3.63) is 35.9 Å². The van der Waals surface area contributed by atoms with Gasteiger partial charge in [-0.05, 0) is 25.3 Å². The van der Waals surface area contributed by atoms with E-state index in [-0.39, 0.29) is 24.4 Å². The van der Waals surface area contributed by atoms with Crippen LogP contribution in [0.5, 0.6) is 0 Å². The topological polar surface area (TPSA) is 53.9 Å². The number of ketones is 1. The summed E-state index contributed by atoms with van der Waals surface area (Å²) < 4.78 is 0. The molecule has 19 heavy (non-hydrogen) atoms. The zero-order valence-corrected chi connectivity index (χ0v) is 12.0. The van der Waals surface area contributed by atoms with Crippen LogP contribution in [-0.4, -0.2) is 23.5 Å². The minimum Gasteiger partial charge on any atom is -1.00 e. The Hall–Kier alpha value is -0.900. The Morgan fingerprint density at radius 2 is 2.05 bits per heavy atom. The lowest BCUT2D eigenvalue weighted by atomic mass is 10.0. The Kier molecular flexibility index (Phi) is 6.49. The van der Waals surface area contributed by atoms with Crippen molar-refractivity contribution in [3.63, 3.8) is 0 Å². The first-order valence-electron chi connectivity index (χ1n) is 6.77. The number of aliphatic hydroxyl groups excluding tert-OH is 1. The highest BCUT2D eigenvalue weighted by Crippen LogP contribution is 2.20.